The molecule has 1 amide bonds. The van der Waals surface area contributed by atoms with Crippen LogP contribution < -0.4 is 4.74 Å². The summed E-state index contributed by atoms with van der Waals surface area (Å²) in [5.41, 5.74) is 3.81. The van der Waals surface area contributed by atoms with E-state index in [9.17, 15) is 15.2 Å². The van der Waals surface area contributed by atoms with Gasteiger partial charge in [0.2, 0.25) is 0 Å². The molecular formula is C29H34N4O4S. The summed E-state index contributed by atoms with van der Waals surface area (Å²) in [6.45, 7) is 9.42. The maximum Gasteiger partial charge on any atom is 0.410 e. The zero-order valence-corrected chi connectivity index (χ0v) is 23.3. The van der Waals surface area contributed by atoms with Gasteiger partial charge in [0.1, 0.15) is 27.4 Å². The highest BCUT2D eigenvalue weighted by Crippen LogP contribution is 2.41. The number of aliphatic hydroxyl groups is 1. The molecule has 1 atom stereocenters. The molecule has 0 fully saturated rings. The zero-order valence-electron chi connectivity index (χ0n) is 22.5. The van der Waals surface area contributed by atoms with E-state index in [1.54, 1.807) is 17.0 Å². The van der Waals surface area contributed by atoms with E-state index >= 15 is 0 Å². The van der Waals surface area contributed by atoms with Crippen molar-refractivity contribution in [3.05, 3.63) is 53.1 Å². The minimum absolute atomic E-state index is 0.0298. The van der Waals surface area contributed by atoms with Gasteiger partial charge in [-0.1, -0.05) is 29.5 Å². The van der Waals surface area contributed by atoms with E-state index in [0.717, 1.165) is 46.5 Å². The van der Waals surface area contributed by atoms with Gasteiger partial charge < -0.3 is 14.6 Å². The number of amides is 1. The number of carbonyl (C=O) groups is 1. The smallest absolute Gasteiger partial charge is 0.410 e. The SMILES string of the molecule is CC(C)Oc1ccc(-c2nnc(-c3cccc4c3CCC[C@H]4N(CCO)C(=O)OC(C)(C)C)s2)cc1C#N. The van der Waals surface area contributed by atoms with Crippen molar-refractivity contribution in [1.29, 1.82) is 5.26 Å². The first kappa shape index (κ1) is 27.6. The van der Waals surface area contributed by atoms with Crippen molar-refractivity contribution >= 4 is 17.4 Å². The Kier molecular flexibility index (Phi) is 8.34. The second kappa shape index (κ2) is 11.5. The van der Waals surface area contributed by atoms with Crippen molar-refractivity contribution < 1.29 is 19.4 Å². The highest BCUT2D eigenvalue weighted by atomic mass is 32.1. The molecule has 38 heavy (non-hydrogen) atoms. The van der Waals surface area contributed by atoms with E-state index in [2.05, 4.69) is 16.3 Å². The molecule has 0 saturated heterocycles. The van der Waals surface area contributed by atoms with Gasteiger partial charge in [0.25, 0.3) is 0 Å². The van der Waals surface area contributed by atoms with E-state index in [4.69, 9.17) is 9.47 Å². The molecule has 200 valence electrons. The Balaban J connectivity index is 1.67. The van der Waals surface area contributed by atoms with Crippen molar-refractivity contribution in [3.63, 3.8) is 0 Å². The molecule has 2 aromatic carbocycles. The van der Waals surface area contributed by atoms with Crippen molar-refractivity contribution in [2.75, 3.05) is 13.2 Å². The molecule has 0 saturated carbocycles. The predicted molar refractivity (Wildman–Crippen MR) is 147 cm³/mol. The number of carbonyl (C=O) groups excluding carboxylic acids is 1. The van der Waals surface area contributed by atoms with E-state index in [1.807, 2.05) is 58.9 Å². The van der Waals surface area contributed by atoms with Gasteiger partial charge in [-0.15, -0.1) is 10.2 Å². The first-order chi connectivity index (χ1) is 18.1. The Morgan fingerprint density at radius 1 is 1.24 bits per heavy atom. The van der Waals surface area contributed by atoms with Gasteiger partial charge in [-0.25, -0.2) is 4.79 Å². The normalized spacial score (nSPS) is 15.1. The number of aromatic nitrogens is 2. The third-order valence-corrected chi connectivity index (χ3v) is 7.19. The number of ether oxygens (including phenoxy) is 2. The average molecular weight is 535 g/mol. The van der Waals surface area contributed by atoms with Gasteiger partial charge in [-0.3, -0.25) is 4.90 Å². The van der Waals surface area contributed by atoms with Crippen LogP contribution in [0.25, 0.3) is 21.1 Å². The molecule has 0 unspecified atom stereocenters. The molecule has 0 aliphatic heterocycles. The molecule has 1 heterocycles. The fourth-order valence-electron chi connectivity index (χ4n) is 4.71. The second-order valence-corrected chi connectivity index (χ2v) is 11.6. The summed E-state index contributed by atoms with van der Waals surface area (Å²) in [6, 6.07) is 13.6. The summed E-state index contributed by atoms with van der Waals surface area (Å²) in [5.74, 6) is 0.552. The lowest BCUT2D eigenvalue weighted by Gasteiger charge is -2.37. The predicted octanol–water partition coefficient (Wildman–Crippen LogP) is 6.14. The van der Waals surface area contributed by atoms with Gasteiger partial charge in [-0.05, 0) is 83.2 Å². The minimum atomic E-state index is -0.627. The molecule has 3 aromatic rings. The maximum atomic E-state index is 13.0. The first-order valence-corrected chi connectivity index (χ1v) is 13.7. The van der Waals surface area contributed by atoms with Crippen molar-refractivity contribution in [3.8, 4) is 33.0 Å². The topological polar surface area (TPSA) is 109 Å². The van der Waals surface area contributed by atoms with Crippen LogP contribution in [0.5, 0.6) is 5.75 Å². The summed E-state index contributed by atoms with van der Waals surface area (Å²) >= 11 is 1.47. The number of rotatable bonds is 7. The van der Waals surface area contributed by atoms with E-state index in [1.165, 1.54) is 11.3 Å². The van der Waals surface area contributed by atoms with Gasteiger partial charge in [-0.2, -0.15) is 5.26 Å². The van der Waals surface area contributed by atoms with Gasteiger partial charge in [0.15, 0.2) is 0 Å². The van der Waals surface area contributed by atoms with E-state index < -0.39 is 11.7 Å². The van der Waals surface area contributed by atoms with Crippen LogP contribution >= 0.6 is 11.3 Å². The van der Waals surface area contributed by atoms with Gasteiger partial charge in [0.05, 0.1) is 24.3 Å². The third-order valence-electron chi connectivity index (χ3n) is 6.19. The standard InChI is InChI=1S/C29H34N4O4S/c1-18(2)36-25-13-12-19(16-20(25)17-30)26-31-32-27(38-26)23-10-6-9-22-21(23)8-7-11-24(22)33(14-15-34)28(35)37-29(3,4)5/h6,9-10,12-13,16,18,24,34H,7-8,11,14-15H2,1-5H3/t24-/m1/s1. The van der Waals surface area contributed by atoms with Gasteiger partial charge in [0, 0.05) is 17.7 Å². The number of nitrogens with zero attached hydrogens (tertiary/aromatic N) is 4. The van der Waals surface area contributed by atoms with Gasteiger partial charge >= 0.3 is 6.09 Å². The van der Waals surface area contributed by atoms with Crippen LogP contribution in [0.4, 0.5) is 4.79 Å². The third kappa shape index (κ3) is 6.14. The van der Waals surface area contributed by atoms with Crippen molar-refractivity contribution in [2.45, 2.75) is 71.6 Å². The number of hydrogen-bond acceptors (Lipinski definition) is 8. The molecule has 1 aliphatic carbocycles. The molecule has 1 N–H and O–H groups in total. The molecule has 4 rings (SSSR count). The average Bonchev–Trinajstić information content (AvgIpc) is 3.35. The highest BCUT2D eigenvalue weighted by Gasteiger charge is 2.33. The summed E-state index contributed by atoms with van der Waals surface area (Å²) in [6.07, 6.45) is 2.09. The number of aliphatic hydroxyl groups excluding tert-OH is 1. The van der Waals surface area contributed by atoms with Crippen molar-refractivity contribution in [2.24, 2.45) is 0 Å². The Bertz CT molecular complexity index is 1340. The molecular weight excluding hydrogens is 500 g/mol. The maximum absolute atomic E-state index is 13.0. The number of benzene rings is 2. The summed E-state index contributed by atoms with van der Waals surface area (Å²) < 4.78 is 11.4. The molecule has 8 nitrogen and oxygen atoms in total. The van der Waals surface area contributed by atoms with Crippen LogP contribution in [0.2, 0.25) is 0 Å². The molecule has 0 bridgehead atoms. The molecule has 0 spiro atoms. The largest absolute Gasteiger partial charge is 0.490 e. The minimum Gasteiger partial charge on any atom is -0.490 e. The Hall–Kier alpha value is -3.48. The lowest BCUT2D eigenvalue weighted by molar-refractivity contribution is 0.0101. The number of fused-ring (bicyclic) bond motifs is 1. The summed E-state index contributed by atoms with van der Waals surface area (Å²) in [5, 5.41) is 29.7. The van der Waals surface area contributed by atoms with Crippen LogP contribution in [0.15, 0.2) is 36.4 Å². The lowest BCUT2D eigenvalue weighted by atomic mass is 9.84. The Morgan fingerprint density at radius 2 is 2.00 bits per heavy atom. The van der Waals surface area contributed by atoms with Crippen LogP contribution in [0.3, 0.4) is 0 Å². The van der Waals surface area contributed by atoms with Crippen molar-refractivity contribution in [1.82, 2.24) is 15.1 Å². The zero-order chi connectivity index (χ0) is 27.4. The quantitative estimate of drug-likeness (QED) is 0.388. The van der Waals surface area contributed by atoms with Crippen LogP contribution in [0.1, 0.15) is 70.2 Å². The number of nitriles is 1. The van der Waals surface area contributed by atoms with E-state index in [0.29, 0.717) is 16.3 Å². The molecule has 9 heteroatoms. The number of hydrogen-bond donors (Lipinski definition) is 1. The van der Waals surface area contributed by atoms with Crippen LogP contribution in [-0.2, 0) is 11.2 Å². The lowest BCUT2D eigenvalue weighted by Crippen LogP contribution is -2.42. The molecule has 1 aromatic heterocycles. The summed E-state index contributed by atoms with van der Waals surface area (Å²) in [7, 11) is 0. The fourth-order valence-corrected chi connectivity index (χ4v) is 5.60. The second-order valence-electron chi connectivity index (χ2n) is 10.6. The Morgan fingerprint density at radius 3 is 2.68 bits per heavy atom. The molecule has 1 aliphatic rings. The van der Waals surface area contributed by atoms with E-state index in [-0.39, 0.29) is 25.3 Å². The fraction of sp³-hybridized carbons (Fsp3) is 0.448. The van der Waals surface area contributed by atoms with Crippen LogP contribution in [-0.4, -0.2) is 51.2 Å². The highest BCUT2D eigenvalue weighted by molar-refractivity contribution is 7.17. The Labute approximate surface area is 227 Å². The first-order valence-electron chi connectivity index (χ1n) is 12.9. The molecule has 0 radical (unpaired) electrons. The summed E-state index contributed by atoms with van der Waals surface area (Å²) in [4.78, 5) is 14.7. The monoisotopic (exact) mass is 534 g/mol. The van der Waals surface area contributed by atoms with Crippen LogP contribution in [0, 0.1) is 11.3 Å².